The third kappa shape index (κ3) is 3.98. The second-order valence-corrected chi connectivity index (χ2v) is 10.1. The number of thiophene rings is 1. The highest BCUT2D eigenvalue weighted by Gasteiger charge is 2.32. The Hall–Kier alpha value is -2.13. The fourth-order valence-corrected chi connectivity index (χ4v) is 6.48. The molecule has 1 aliphatic heterocycles. The fraction of sp³-hybridized carbons (Fsp3) is 0.250. The third-order valence-corrected chi connectivity index (χ3v) is 7.80. The summed E-state index contributed by atoms with van der Waals surface area (Å²) in [6.45, 7) is 1.08. The molecule has 6 nitrogen and oxygen atoms in total. The number of sulfone groups is 1. The molecule has 0 saturated carbocycles. The van der Waals surface area contributed by atoms with E-state index in [-0.39, 0.29) is 16.6 Å². The molecular weight excluding hydrogens is 434 g/mol. The molecule has 1 aromatic carbocycles. The molecule has 0 aliphatic carbocycles. The molecule has 0 fully saturated rings. The number of carbonyl (C=O) groups excluding carboxylic acids is 1. The van der Waals surface area contributed by atoms with Crippen LogP contribution >= 0.6 is 22.9 Å². The molecular formula is C20H18ClNO5S2. The van der Waals surface area contributed by atoms with Crippen LogP contribution < -0.4 is 0 Å². The Balaban J connectivity index is 1.70. The Labute approximate surface area is 177 Å². The molecule has 1 amide bonds. The lowest BCUT2D eigenvalue weighted by Crippen LogP contribution is -2.32. The van der Waals surface area contributed by atoms with Gasteiger partial charge in [-0.2, -0.15) is 0 Å². The minimum atomic E-state index is -3.50. The van der Waals surface area contributed by atoms with Crippen molar-refractivity contribution in [2.24, 2.45) is 0 Å². The number of hydrogen-bond acceptors (Lipinski definition) is 6. The molecule has 2 aromatic heterocycles. The van der Waals surface area contributed by atoms with Gasteiger partial charge in [0.25, 0.3) is 5.91 Å². The summed E-state index contributed by atoms with van der Waals surface area (Å²) in [5.41, 5.74) is 1.23. The zero-order valence-corrected chi connectivity index (χ0v) is 17.9. The number of carbonyl (C=O) groups is 1. The summed E-state index contributed by atoms with van der Waals surface area (Å²) in [6, 6.07) is 10.1. The van der Waals surface area contributed by atoms with Crippen molar-refractivity contribution in [2.45, 2.75) is 17.2 Å². The summed E-state index contributed by atoms with van der Waals surface area (Å²) in [6.07, 6.45) is 1.56. The van der Waals surface area contributed by atoms with E-state index in [0.717, 1.165) is 4.88 Å². The Bertz CT molecular complexity index is 1150. The summed E-state index contributed by atoms with van der Waals surface area (Å²) in [5, 5.41) is 0.368. The van der Waals surface area contributed by atoms with E-state index >= 15 is 0 Å². The molecule has 152 valence electrons. The van der Waals surface area contributed by atoms with Gasteiger partial charge in [0.1, 0.15) is 5.76 Å². The standard InChI is InChI=1S/C20H18ClNO5S2/c1-26-8-6-22(11-15-3-2-7-27-15)20(23)17-9-13-12-29(24,25)18-10-14(21)4-5-16(18)19(13)28-17/h2-5,7,9-10H,6,8,11-12H2,1H3. The molecule has 0 unspecified atom stereocenters. The van der Waals surface area contributed by atoms with Gasteiger partial charge in [-0.1, -0.05) is 17.7 Å². The zero-order chi connectivity index (χ0) is 20.6. The maximum Gasteiger partial charge on any atom is 0.264 e. The fourth-order valence-electron chi connectivity index (χ4n) is 3.29. The predicted molar refractivity (Wildman–Crippen MR) is 111 cm³/mol. The smallest absolute Gasteiger partial charge is 0.264 e. The summed E-state index contributed by atoms with van der Waals surface area (Å²) in [7, 11) is -1.93. The number of methoxy groups -OCH3 is 1. The van der Waals surface area contributed by atoms with Crippen molar-refractivity contribution in [2.75, 3.05) is 20.3 Å². The van der Waals surface area contributed by atoms with Gasteiger partial charge >= 0.3 is 0 Å². The molecule has 0 atom stereocenters. The first-order chi connectivity index (χ1) is 13.9. The minimum absolute atomic E-state index is 0.143. The molecule has 0 N–H and O–H groups in total. The van der Waals surface area contributed by atoms with Gasteiger partial charge in [-0.05, 0) is 35.9 Å². The lowest BCUT2D eigenvalue weighted by molar-refractivity contribution is 0.0671. The molecule has 4 rings (SSSR count). The van der Waals surface area contributed by atoms with Gasteiger partial charge in [0.05, 0.1) is 34.9 Å². The van der Waals surface area contributed by atoms with Gasteiger partial charge in [0.2, 0.25) is 0 Å². The van der Waals surface area contributed by atoms with Crippen LogP contribution in [0.4, 0.5) is 0 Å². The van der Waals surface area contributed by atoms with Crippen LogP contribution in [0.1, 0.15) is 21.0 Å². The van der Waals surface area contributed by atoms with Crippen LogP contribution in [0.25, 0.3) is 10.4 Å². The average Bonchev–Trinajstić information content (AvgIpc) is 3.34. The Morgan fingerprint density at radius 3 is 2.86 bits per heavy atom. The highest BCUT2D eigenvalue weighted by atomic mass is 35.5. The van der Waals surface area contributed by atoms with Crippen molar-refractivity contribution in [1.29, 1.82) is 0 Å². The lowest BCUT2D eigenvalue weighted by atomic mass is 10.1. The first-order valence-corrected chi connectivity index (χ1v) is 11.7. The number of furan rings is 1. The predicted octanol–water partition coefficient (Wildman–Crippen LogP) is 4.24. The number of nitrogens with zero attached hydrogens (tertiary/aromatic N) is 1. The minimum Gasteiger partial charge on any atom is -0.467 e. The number of hydrogen-bond donors (Lipinski definition) is 0. The molecule has 0 radical (unpaired) electrons. The average molecular weight is 452 g/mol. The number of ether oxygens (including phenoxy) is 1. The maximum absolute atomic E-state index is 13.2. The molecule has 3 heterocycles. The lowest BCUT2D eigenvalue weighted by Gasteiger charge is -2.20. The topological polar surface area (TPSA) is 76.8 Å². The normalized spacial score (nSPS) is 14.3. The second kappa shape index (κ2) is 7.95. The number of halogens is 1. The summed E-state index contributed by atoms with van der Waals surface area (Å²) in [5.74, 6) is 0.333. The maximum atomic E-state index is 13.2. The van der Waals surface area contributed by atoms with E-state index in [1.165, 1.54) is 17.4 Å². The van der Waals surface area contributed by atoms with Crippen LogP contribution in [0.2, 0.25) is 5.02 Å². The number of benzene rings is 1. The molecule has 29 heavy (non-hydrogen) atoms. The van der Waals surface area contributed by atoms with Gasteiger partial charge in [-0.3, -0.25) is 4.79 Å². The largest absolute Gasteiger partial charge is 0.467 e. The second-order valence-electron chi connectivity index (χ2n) is 6.66. The quantitative estimate of drug-likeness (QED) is 0.560. The first-order valence-electron chi connectivity index (χ1n) is 8.85. The molecule has 9 heteroatoms. The molecule has 0 spiro atoms. The van der Waals surface area contributed by atoms with Crippen molar-refractivity contribution in [3.05, 3.63) is 63.9 Å². The monoisotopic (exact) mass is 451 g/mol. The number of rotatable bonds is 6. The van der Waals surface area contributed by atoms with Crippen LogP contribution in [0, 0.1) is 0 Å². The summed E-state index contributed by atoms with van der Waals surface area (Å²) < 4.78 is 35.9. The van der Waals surface area contributed by atoms with E-state index in [4.69, 9.17) is 20.8 Å². The van der Waals surface area contributed by atoms with Gasteiger partial charge < -0.3 is 14.1 Å². The van der Waals surface area contributed by atoms with Gasteiger partial charge in [-0.25, -0.2) is 8.42 Å². The van der Waals surface area contributed by atoms with Crippen molar-refractivity contribution >= 4 is 38.7 Å². The van der Waals surface area contributed by atoms with Crippen molar-refractivity contribution in [1.82, 2.24) is 4.90 Å². The Kier molecular flexibility index (Phi) is 5.52. The molecule has 0 saturated heterocycles. The summed E-state index contributed by atoms with van der Waals surface area (Å²) >= 11 is 7.30. The van der Waals surface area contributed by atoms with E-state index in [1.807, 2.05) is 0 Å². The molecule has 3 aromatic rings. The van der Waals surface area contributed by atoms with Gasteiger partial charge in [0, 0.05) is 29.1 Å². The van der Waals surface area contributed by atoms with Crippen molar-refractivity contribution in [3.63, 3.8) is 0 Å². The van der Waals surface area contributed by atoms with E-state index in [2.05, 4.69) is 0 Å². The van der Waals surface area contributed by atoms with Crippen molar-refractivity contribution in [3.8, 4) is 10.4 Å². The van der Waals surface area contributed by atoms with Gasteiger partial charge in [0.15, 0.2) is 9.84 Å². The SMILES string of the molecule is COCCN(Cc1ccco1)C(=O)c1cc2c(s1)-c1ccc(Cl)cc1S(=O)(=O)C2. The van der Waals surface area contributed by atoms with E-state index in [0.29, 0.717) is 46.5 Å². The van der Waals surface area contributed by atoms with Crippen molar-refractivity contribution < 1.29 is 22.4 Å². The third-order valence-electron chi connectivity index (χ3n) is 4.67. The zero-order valence-electron chi connectivity index (χ0n) is 15.6. The highest BCUT2D eigenvalue weighted by Crippen LogP contribution is 2.43. The van der Waals surface area contributed by atoms with E-state index in [1.54, 1.807) is 48.6 Å². The van der Waals surface area contributed by atoms with Crippen LogP contribution in [-0.4, -0.2) is 39.5 Å². The molecule has 0 bridgehead atoms. The highest BCUT2D eigenvalue weighted by molar-refractivity contribution is 7.91. The Morgan fingerprint density at radius 2 is 2.14 bits per heavy atom. The summed E-state index contributed by atoms with van der Waals surface area (Å²) in [4.78, 5) is 16.3. The number of amides is 1. The van der Waals surface area contributed by atoms with Crippen LogP contribution in [0.5, 0.6) is 0 Å². The molecule has 1 aliphatic rings. The van der Waals surface area contributed by atoms with Crippen LogP contribution in [0.3, 0.4) is 0 Å². The van der Waals surface area contributed by atoms with Crippen LogP contribution in [-0.2, 0) is 26.9 Å². The Morgan fingerprint density at radius 1 is 1.31 bits per heavy atom. The van der Waals surface area contributed by atoms with Gasteiger partial charge in [-0.15, -0.1) is 11.3 Å². The van der Waals surface area contributed by atoms with E-state index < -0.39 is 9.84 Å². The van der Waals surface area contributed by atoms with Crippen LogP contribution in [0.15, 0.2) is 52.0 Å². The van der Waals surface area contributed by atoms with E-state index in [9.17, 15) is 13.2 Å². The number of fused-ring (bicyclic) bond motifs is 3. The first kappa shape index (κ1) is 20.2.